The standard InChI is InChI=1S/C15H15N3/c1-2-4-12(5-3-1)8-9-16-14-6-7-15-13(10-14)11-17-18-15/h1-7,10-11,16H,8-9H2,(H,17,18). The molecule has 1 heterocycles. The molecule has 3 nitrogen and oxygen atoms in total. The molecule has 90 valence electrons. The van der Waals surface area contributed by atoms with Gasteiger partial charge in [-0.25, -0.2) is 0 Å². The van der Waals surface area contributed by atoms with Crippen LogP contribution >= 0.6 is 0 Å². The molecule has 0 radical (unpaired) electrons. The van der Waals surface area contributed by atoms with Gasteiger partial charge in [0.05, 0.1) is 11.7 Å². The molecule has 0 unspecified atom stereocenters. The van der Waals surface area contributed by atoms with Crippen LogP contribution in [-0.2, 0) is 6.42 Å². The third kappa shape index (κ3) is 2.35. The van der Waals surface area contributed by atoms with Gasteiger partial charge < -0.3 is 5.32 Å². The summed E-state index contributed by atoms with van der Waals surface area (Å²) in [6.45, 7) is 0.938. The quantitative estimate of drug-likeness (QED) is 0.731. The second-order valence-electron chi connectivity index (χ2n) is 4.33. The summed E-state index contributed by atoms with van der Waals surface area (Å²) in [6.07, 6.45) is 2.88. The Hall–Kier alpha value is -2.29. The van der Waals surface area contributed by atoms with E-state index in [1.54, 1.807) is 0 Å². The third-order valence-electron chi connectivity index (χ3n) is 3.03. The summed E-state index contributed by atoms with van der Waals surface area (Å²) in [4.78, 5) is 0. The fourth-order valence-corrected chi connectivity index (χ4v) is 2.05. The van der Waals surface area contributed by atoms with Crippen molar-refractivity contribution in [3.8, 4) is 0 Å². The van der Waals surface area contributed by atoms with Crippen LogP contribution in [0.15, 0.2) is 54.7 Å². The number of hydrogen-bond donors (Lipinski definition) is 2. The van der Waals surface area contributed by atoms with Crippen LogP contribution in [0.3, 0.4) is 0 Å². The predicted octanol–water partition coefficient (Wildman–Crippen LogP) is 3.22. The molecule has 3 heteroatoms. The molecule has 0 aliphatic carbocycles. The van der Waals surface area contributed by atoms with Gasteiger partial charge in [-0.2, -0.15) is 5.10 Å². The molecular formula is C15H15N3. The molecule has 0 saturated heterocycles. The Bertz CT molecular complexity index is 628. The highest BCUT2D eigenvalue weighted by molar-refractivity contribution is 5.81. The summed E-state index contributed by atoms with van der Waals surface area (Å²) in [5.74, 6) is 0. The Kier molecular flexibility index (Phi) is 2.96. The SMILES string of the molecule is c1ccc(CCNc2ccc3[nH]ncc3c2)cc1. The average Bonchev–Trinajstić information content (AvgIpc) is 2.87. The number of anilines is 1. The summed E-state index contributed by atoms with van der Waals surface area (Å²) in [5, 5.41) is 11.5. The van der Waals surface area contributed by atoms with E-state index in [-0.39, 0.29) is 0 Å². The molecule has 3 rings (SSSR count). The maximum atomic E-state index is 4.02. The van der Waals surface area contributed by atoms with Gasteiger partial charge in [-0.1, -0.05) is 30.3 Å². The van der Waals surface area contributed by atoms with Crippen LogP contribution in [0, 0.1) is 0 Å². The second kappa shape index (κ2) is 4.92. The van der Waals surface area contributed by atoms with Crippen molar-refractivity contribution in [3.05, 3.63) is 60.3 Å². The second-order valence-corrected chi connectivity index (χ2v) is 4.33. The molecular weight excluding hydrogens is 222 g/mol. The van der Waals surface area contributed by atoms with Crippen molar-refractivity contribution in [2.24, 2.45) is 0 Å². The number of nitrogens with zero attached hydrogens (tertiary/aromatic N) is 1. The zero-order valence-electron chi connectivity index (χ0n) is 10.1. The number of nitrogens with one attached hydrogen (secondary N) is 2. The Morgan fingerprint density at radius 2 is 1.94 bits per heavy atom. The average molecular weight is 237 g/mol. The van der Waals surface area contributed by atoms with Crippen molar-refractivity contribution in [2.75, 3.05) is 11.9 Å². The van der Waals surface area contributed by atoms with E-state index in [9.17, 15) is 0 Å². The summed E-state index contributed by atoms with van der Waals surface area (Å²) >= 11 is 0. The van der Waals surface area contributed by atoms with Crippen LogP contribution in [0.25, 0.3) is 10.9 Å². The first-order valence-electron chi connectivity index (χ1n) is 6.13. The van der Waals surface area contributed by atoms with Gasteiger partial charge in [-0.05, 0) is 30.2 Å². The topological polar surface area (TPSA) is 40.7 Å². The number of aromatic nitrogens is 2. The van der Waals surface area contributed by atoms with Gasteiger partial charge in [0.15, 0.2) is 0 Å². The van der Waals surface area contributed by atoms with Crippen LogP contribution < -0.4 is 5.32 Å². The molecule has 2 aromatic carbocycles. The van der Waals surface area contributed by atoms with Gasteiger partial charge in [0.1, 0.15) is 0 Å². The lowest BCUT2D eigenvalue weighted by Crippen LogP contribution is -2.04. The van der Waals surface area contributed by atoms with E-state index in [1.165, 1.54) is 5.56 Å². The van der Waals surface area contributed by atoms with Crippen molar-refractivity contribution in [2.45, 2.75) is 6.42 Å². The highest BCUT2D eigenvalue weighted by Gasteiger charge is 1.97. The van der Waals surface area contributed by atoms with Gasteiger partial charge in [0.25, 0.3) is 0 Å². The van der Waals surface area contributed by atoms with Crippen LogP contribution in [0.5, 0.6) is 0 Å². The number of fused-ring (bicyclic) bond motifs is 1. The monoisotopic (exact) mass is 237 g/mol. The molecule has 0 atom stereocenters. The van der Waals surface area contributed by atoms with Crippen molar-refractivity contribution in [3.63, 3.8) is 0 Å². The molecule has 2 N–H and O–H groups in total. The van der Waals surface area contributed by atoms with E-state index < -0.39 is 0 Å². The van der Waals surface area contributed by atoms with E-state index in [0.29, 0.717) is 0 Å². The van der Waals surface area contributed by atoms with E-state index in [0.717, 1.165) is 29.6 Å². The minimum absolute atomic E-state index is 0.938. The summed E-state index contributed by atoms with van der Waals surface area (Å²) in [7, 11) is 0. The van der Waals surface area contributed by atoms with Crippen LogP contribution in [0.2, 0.25) is 0 Å². The molecule has 0 spiro atoms. The van der Waals surface area contributed by atoms with Crippen molar-refractivity contribution in [1.29, 1.82) is 0 Å². The Morgan fingerprint density at radius 1 is 1.06 bits per heavy atom. The highest BCUT2D eigenvalue weighted by atomic mass is 15.1. The lowest BCUT2D eigenvalue weighted by Gasteiger charge is -2.06. The first-order chi connectivity index (χ1) is 8.92. The molecule has 0 aliphatic heterocycles. The Balaban J connectivity index is 1.62. The zero-order chi connectivity index (χ0) is 12.2. The van der Waals surface area contributed by atoms with E-state index in [1.807, 2.05) is 18.3 Å². The third-order valence-corrected chi connectivity index (χ3v) is 3.03. The number of aromatic amines is 1. The molecule has 0 aliphatic rings. The zero-order valence-corrected chi connectivity index (χ0v) is 10.1. The highest BCUT2D eigenvalue weighted by Crippen LogP contribution is 2.16. The fourth-order valence-electron chi connectivity index (χ4n) is 2.05. The molecule has 1 aromatic heterocycles. The summed E-state index contributed by atoms with van der Waals surface area (Å²) in [6, 6.07) is 16.7. The molecule has 0 saturated carbocycles. The molecule has 18 heavy (non-hydrogen) atoms. The lowest BCUT2D eigenvalue weighted by atomic mass is 10.1. The normalized spacial score (nSPS) is 10.7. The predicted molar refractivity (Wildman–Crippen MR) is 74.7 cm³/mol. The first-order valence-corrected chi connectivity index (χ1v) is 6.13. The minimum atomic E-state index is 0.938. The first kappa shape index (κ1) is 10.8. The van der Waals surface area contributed by atoms with Crippen LogP contribution in [0.1, 0.15) is 5.56 Å². The fraction of sp³-hybridized carbons (Fsp3) is 0.133. The maximum absolute atomic E-state index is 4.02. The Labute approximate surface area is 106 Å². The summed E-state index contributed by atoms with van der Waals surface area (Å²) in [5.41, 5.74) is 3.57. The van der Waals surface area contributed by atoms with Gasteiger partial charge in [-0.15, -0.1) is 0 Å². The number of H-pyrrole nitrogens is 1. The van der Waals surface area contributed by atoms with Crippen molar-refractivity contribution in [1.82, 2.24) is 10.2 Å². The van der Waals surface area contributed by atoms with Crippen molar-refractivity contribution < 1.29 is 0 Å². The molecule has 0 amide bonds. The van der Waals surface area contributed by atoms with Gasteiger partial charge in [0.2, 0.25) is 0 Å². The molecule has 0 fully saturated rings. The van der Waals surface area contributed by atoms with Crippen LogP contribution in [-0.4, -0.2) is 16.7 Å². The summed E-state index contributed by atoms with van der Waals surface area (Å²) < 4.78 is 0. The van der Waals surface area contributed by atoms with Gasteiger partial charge in [0, 0.05) is 17.6 Å². The van der Waals surface area contributed by atoms with E-state index in [2.05, 4.69) is 51.9 Å². The number of hydrogen-bond acceptors (Lipinski definition) is 2. The number of benzene rings is 2. The largest absolute Gasteiger partial charge is 0.385 e. The van der Waals surface area contributed by atoms with E-state index in [4.69, 9.17) is 0 Å². The van der Waals surface area contributed by atoms with E-state index >= 15 is 0 Å². The minimum Gasteiger partial charge on any atom is -0.385 e. The Morgan fingerprint density at radius 3 is 2.83 bits per heavy atom. The smallest absolute Gasteiger partial charge is 0.0651 e. The number of rotatable bonds is 4. The van der Waals surface area contributed by atoms with Gasteiger partial charge >= 0.3 is 0 Å². The van der Waals surface area contributed by atoms with Crippen LogP contribution in [0.4, 0.5) is 5.69 Å². The lowest BCUT2D eigenvalue weighted by molar-refractivity contribution is 1.02. The maximum Gasteiger partial charge on any atom is 0.0651 e. The van der Waals surface area contributed by atoms with Gasteiger partial charge in [-0.3, -0.25) is 5.10 Å². The molecule has 3 aromatic rings. The molecule has 0 bridgehead atoms. The van der Waals surface area contributed by atoms with Crippen molar-refractivity contribution >= 4 is 16.6 Å².